The number of halogens is 2. The number of carboxylic acid groups (broad SMARTS) is 1. The van der Waals surface area contributed by atoms with Crippen molar-refractivity contribution in [2.75, 3.05) is 11.9 Å². The second-order valence-electron chi connectivity index (χ2n) is 14.1. The van der Waals surface area contributed by atoms with E-state index in [4.69, 9.17) is 9.15 Å². The van der Waals surface area contributed by atoms with Gasteiger partial charge in [-0.1, -0.05) is 32.1 Å². The molecule has 3 N–H and O–H groups in total. The van der Waals surface area contributed by atoms with Crippen molar-refractivity contribution in [2.45, 2.75) is 109 Å². The molecule has 0 spiro atoms. The first-order valence-corrected chi connectivity index (χ1v) is 16.5. The summed E-state index contributed by atoms with van der Waals surface area (Å²) in [7, 11) is 0. The third-order valence-electron chi connectivity index (χ3n) is 9.83. The summed E-state index contributed by atoms with van der Waals surface area (Å²) in [4.78, 5) is 53.3. The normalized spacial score (nSPS) is 25.0. The number of carbonyl (C=O) groups excluding carboxylic acids is 3. The minimum absolute atomic E-state index is 0.0121. The lowest BCUT2D eigenvalue weighted by Crippen LogP contribution is -2.51. The minimum Gasteiger partial charge on any atom is -0.475 e. The first-order valence-electron chi connectivity index (χ1n) is 16.5. The van der Waals surface area contributed by atoms with E-state index in [0.29, 0.717) is 54.8 Å². The summed E-state index contributed by atoms with van der Waals surface area (Å²) in [5.74, 6) is -2.33. The molecule has 2 heterocycles. The molecule has 2 saturated carbocycles. The van der Waals surface area contributed by atoms with Crippen molar-refractivity contribution >= 4 is 40.5 Å². The third kappa shape index (κ3) is 7.81. The quantitative estimate of drug-likeness (QED) is 0.286. The van der Waals surface area contributed by atoms with Gasteiger partial charge in [0.2, 0.25) is 17.6 Å². The average molecular weight is 646 g/mol. The van der Waals surface area contributed by atoms with E-state index in [1.165, 1.54) is 6.07 Å². The Morgan fingerprint density at radius 1 is 0.978 bits per heavy atom. The fourth-order valence-electron chi connectivity index (χ4n) is 7.69. The van der Waals surface area contributed by atoms with Gasteiger partial charge >= 0.3 is 12.1 Å². The van der Waals surface area contributed by atoms with Crippen LogP contribution in [0, 0.1) is 23.7 Å². The second kappa shape index (κ2) is 14.0. The number of carboxylic acids is 1. The summed E-state index contributed by atoms with van der Waals surface area (Å²) in [5, 5.41) is 15.1. The van der Waals surface area contributed by atoms with Gasteiger partial charge in [-0.15, -0.1) is 0 Å². The molecule has 3 atom stereocenters. The summed E-state index contributed by atoms with van der Waals surface area (Å²) in [6.45, 7) is 5.46. The Hall–Kier alpha value is -3.70. The number of alkyl carbamates (subject to hydrolysis) is 1. The van der Waals surface area contributed by atoms with Crippen LogP contribution in [0.25, 0.3) is 11.0 Å². The predicted molar refractivity (Wildman–Crippen MR) is 167 cm³/mol. The van der Waals surface area contributed by atoms with Crippen LogP contribution in [-0.4, -0.2) is 64.5 Å². The molecule has 2 aromatic rings. The van der Waals surface area contributed by atoms with Gasteiger partial charge in [0.05, 0.1) is 6.04 Å². The molecular weight excluding hydrogens is 600 g/mol. The van der Waals surface area contributed by atoms with E-state index in [0.717, 1.165) is 38.5 Å². The van der Waals surface area contributed by atoms with Gasteiger partial charge in [-0.05, 0) is 94.9 Å². The lowest BCUT2D eigenvalue weighted by molar-refractivity contribution is -0.142. The van der Waals surface area contributed by atoms with Crippen molar-refractivity contribution in [1.29, 1.82) is 0 Å². The van der Waals surface area contributed by atoms with Crippen LogP contribution < -0.4 is 10.6 Å². The number of hydrogen-bond donors (Lipinski definition) is 3. The summed E-state index contributed by atoms with van der Waals surface area (Å²) >= 11 is 0. The van der Waals surface area contributed by atoms with Crippen molar-refractivity contribution < 1.29 is 42.2 Å². The highest BCUT2D eigenvalue weighted by Gasteiger charge is 2.47. The van der Waals surface area contributed by atoms with Gasteiger partial charge in [-0.2, -0.15) is 0 Å². The van der Waals surface area contributed by atoms with Gasteiger partial charge in [0.15, 0.2) is 0 Å². The Balaban J connectivity index is 1.28. The molecule has 1 aromatic carbocycles. The molecular formula is C34H45F2N3O7. The fourth-order valence-corrected chi connectivity index (χ4v) is 7.69. The molecule has 1 aromatic heterocycles. The van der Waals surface area contributed by atoms with Gasteiger partial charge in [0, 0.05) is 23.5 Å². The van der Waals surface area contributed by atoms with Crippen LogP contribution in [0.15, 0.2) is 28.7 Å². The van der Waals surface area contributed by atoms with Crippen molar-refractivity contribution in [3.05, 3.63) is 30.0 Å². The molecule has 3 aliphatic rings. The number of rotatable bonds is 8. The largest absolute Gasteiger partial charge is 0.475 e. The first-order chi connectivity index (χ1) is 21.8. The Kier molecular flexibility index (Phi) is 10.2. The number of furan rings is 1. The molecule has 1 saturated heterocycles. The van der Waals surface area contributed by atoms with Crippen LogP contribution in [-0.2, 0) is 14.3 Å². The number of fused-ring (bicyclic) bond motifs is 1. The van der Waals surface area contributed by atoms with E-state index in [2.05, 4.69) is 10.6 Å². The van der Waals surface area contributed by atoms with Crippen molar-refractivity contribution in [3.8, 4) is 0 Å². The number of amides is 3. The van der Waals surface area contributed by atoms with Crippen LogP contribution in [0.4, 0.5) is 19.3 Å². The number of nitrogens with zero attached hydrogens (tertiary/aromatic N) is 1. The number of carbonyl (C=O) groups is 4. The van der Waals surface area contributed by atoms with Crippen molar-refractivity contribution in [2.24, 2.45) is 23.7 Å². The zero-order chi connectivity index (χ0) is 33.2. The molecule has 3 amide bonds. The van der Waals surface area contributed by atoms with E-state index in [1.54, 1.807) is 43.9 Å². The zero-order valence-electron chi connectivity index (χ0n) is 26.7. The van der Waals surface area contributed by atoms with Gasteiger partial charge in [-0.25, -0.2) is 18.4 Å². The maximum atomic E-state index is 14.0. The van der Waals surface area contributed by atoms with Crippen LogP contribution in [0.5, 0.6) is 0 Å². The van der Waals surface area contributed by atoms with Crippen molar-refractivity contribution in [3.63, 3.8) is 0 Å². The molecule has 252 valence electrons. The maximum absolute atomic E-state index is 14.0. The van der Waals surface area contributed by atoms with E-state index in [1.807, 2.05) is 0 Å². The molecule has 0 unspecified atom stereocenters. The molecule has 0 radical (unpaired) electrons. The maximum Gasteiger partial charge on any atom is 0.408 e. The molecule has 3 fully saturated rings. The molecule has 1 aliphatic heterocycles. The standard InChI is InChI=1S/C34H45F2N3O7/c1-34(2,3)46-33(44)38-27(29(35)36)20-9-11-21(12-10-20)31(41)39-16-15-24(19-7-5-4-6-8-19)28(39)30(40)37-23-13-14-25-22(17-23)18-26(45-25)32(42)43/h13-14,17-21,24,27-29H,4-12,15-16H2,1-3H3,(H,37,40)(H,38,44)(H,42,43)/t20-,21-,24-,27-,28-/m0/s1. The zero-order valence-corrected chi connectivity index (χ0v) is 26.7. The van der Waals surface area contributed by atoms with Gasteiger partial charge in [0.25, 0.3) is 6.43 Å². The Morgan fingerprint density at radius 3 is 2.30 bits per heavy atom. The predicted octanol–water partition coefficient (Wildman–Crippen LogP) is 6.83. The lowest BCUT2D eigenvalue weighted by Gasteiger charge is -2.37. The first kappa shape index (κ1) is 33.7. The number of likely N-dealkylation sites (tertiary alicyclic amines) is 1. The van der Waals surface area contributed by atoms with Gasteiger partial charge in [0.1, 0.15) is 17.2 Å². The Labute approximate surface area is 267 Å². The number of hydrogen-bond acceptors (Lipinski definition) is 6. The van der Waals surface area contributed by atoms with Crippen LogP contribution in [0.3, 0.4) is 0 Å². The highest BCUT2D eigenvalue weighted by molar-refractivity contribution is 6.00. The van der Waals surface area contributed by atoms with E-state index in [-0.39, 0.29) is 23.5 Å². The fraction of sp³-hybridized carbons (Fsp3) is 0.647. The Bertz CT molecular complexity index is 1420. The monoisotopic (exact) mass is 645 g/mol. The topological polar surface area (TPSA) is 138 Å². The van der Waals surface area contributed by atoms with Crippen LogP contribution >= 0.6 is 0 Å². The molecule has 5 rings (SSSR count). The summed E-state index contributed by atoms with van der Waals surface area (Å²) in [6.07, 6.45) is 3.93. The molecule has 0 bridgehead atoms. The lowest BCUT2D eigenvalue weighted by atomic mass is 9.76. The number of ether oxygens (including phenoxy) is 1. The third-order valence-corrected chi connectivity index (χ3v) is 9.83. The number of alkyl halides is 2. The molecule has 10 nitrogen and oxygen atoms in total. The second-order valence-corrected chi connectivity index (χ2v) is 14.1. The minimum atomic E-state index is -2.77. The average Bonchev–Trinajstić information content (AvgIpc) is 3.64. The number of aromatic carboxylic acids is 1. The molecule has 12 heteroatoms. The van der Waals surface area contributed by atoms with Gasteiger partial charge in [-0.3, -0.25) is 9.59 Å². The van der Waals surface area contributed by atoms with Crippen molar-refractivity contribution in [1.82, 2.24) is 10.2 Å². The summed E-state index contributed by atoms with van der Waals surface area (Å²) in [6, 6.07) is 4.29. The highest BCUT2D eigenvalue weighted by Crippen LogP contribution is 2.42. The number of benzene rings is 1. The van der Waals surface area contributed by atoms with Gasteiger partial charge < -0.3 is 29.8 Å². The van der Waals surface area contributed by atoms with E-state index in [9.17, 15) is 33.1 Å². The van der Waals surface area contributed by atoms with Crippen LogP contribution in [0.2, 0.25) is 0 Å². The number of anilines is 1. The summed E-state index contributed by atoms with van der Waals surface area (Å²) < 4.78 is 38.6. The molecule has 2 aliphatic carbocycles. The SMILES string of the molecule is CC(C)(C)OC(=O)N[C@H](C(F)F)[C@H]1CC[C@H](C(=O)N2CC[C@@H](C3CCCCC3)[C@H]2C(=O)Nc2ccc3oc(C(=O)O)cc3c2)CC1. The highest BCUT2D eigenvalue weighted by atomic mass is 19.3. The number of nitrogens with one attached hydrogen (secondary N) is 2. The Morgan fingerprint density at radius 2 is 1.67 bits per heavy atom. The smallest absolute Gasteiger partial charge is 0.408 e. The van der Waals surface area contributed by atoms with E-state index >= 15 is 0 Å². The van der Waals surface area contributed by atoms with Crippen LogP contribution in [0.1, 0.15) is 95.5 Å². The summed E-state index contributed by atoms with van der Waals surface area (Å²) in [5.41, 5.74) is 0.0530. The van der Waals surface area contributed by atoms with E-state index < -0.39 is 48.0 Å². The molecule has 46 heavy (non-hydrogen) atoms.